The Bertz CT molecular complexity index is 1410. The lowest BCUT2D eigenvalue weighted by molar-refractivity contribution is -0.384. The Balaban J connectivity index is 1.81. The molecular formula is C23H18N4O5S. The Morgan fingerprint density at radius 2 is 1.67 bits per heavy atom. The Hall–Kier alpha value is -4.36. The van der Waals surface area contributed by atoms with E-state index in [2.05, 4.69) is 26.5 Å². The first-order valence-corrected chi connectivity index (χ1v) is 11.4. The van der Waals surface area contributed by atoms with Crippen LogP contribution >= 0.6 is 0 Å². The second kappa shape index (κ2) is 9.84. The molecule has 33 heavy (non-hydrogen) atoms. The van der Waals surface area contributed by atoms with Crippen molar-refractivity contribution in [1.82, 2.24) is 4.98 Å². The van der Waals surface area contributed by atoms with Gasteiger partial charge in [0.1, 0.15) is 0 Å². The maximum Gasteiger partial charge on any atom is 0.286 e. The predicted molar refractivity (Wildman–Crippen MR) is 123 cm³/mol. The average molecular weight is 462 g/mol. The summed E-state index contributed by atoms with van der Waals surface area (Å²) in [6.45, 7) is 1.38. The number of aromatic nitrogens is 1. The molecule has 10 heteroatoms. The smallest absolute Gasteiger partial charge is 0.286 e. The van der Waals surface area contributed by atoms with Crippen LogP contribution in [0.1, 0.15) is 28.4 Å². The van der Waals surface area contributed by atoms with Gasteiger partial charge in [-0.3, -0.25) is 24.7 Å². The quantitative estimate of drug-likeness (QED) is 0.358. The van der Waals surface area contributed by atoms with Gasteiger partial charge in [0.15, 0.2) is 0 Å². The minimum Gasteiger partial charge on any atom is -0.326 e. The zero-order chi connectivity index (χ0) is 24.0. The standard InChI is InChI=1S/C23H18N4O5S/c1-16(28)25-20-7-11-22(12-8-20)33(2,32)26-23(29)19-13-18(14-24-15-19)4-3-17-5-9-21(10-6-17)27(30)31/h5-15H,1-2H3,(H,25,28). The van der Waals surface area contributed by atoms with Crippen molar-refractivity contribution < 1.29 is 18.7 Å². The summed E-state index contributed by atoms with van der Waals surface area (Å²) in [7, 11) is -3.04. The van der Waals surface area contributed by atoms with Crippen LogP contribution in [0.2, 0.25) is 0 Å². The summed E-state index contributed by atoms with van der Waals surface area (Å²) in [5.41, 5.74) is 1.61. The molecule has 166 valence electrons. The maximum atomic E-state index is 13.0. The summed E-state index contributed by atoms with van der Waals surface area (Å²) in [4.78, 5) is 38.3. The second-order valence-electron chi connectivity index (χ2n) is 6.92. The van der Waals surface area contributed by atoms with Crippen LogP contribution < -0.4 is 5.32 Å². The highest BCUT2D eigenvalue weighted by molar-refractivity contribution is 7.93. The van der Waals surface area contributed by atoms with Crippen molar-refractivity contribution in [1.29, 1.82) is 0 Å². The average Bonchev–Trinajstić information content (AvgIpc) is 2.78. The van der Waals surface area contributed by atoms with E-state index in [1.807, 2.05) is 0 Å². The number of carbonyl (C=O) groups is 2. The van der Waals surface area contributed by atoms with Gasteiger partial charge in [0, 0.05) is 59.4 Å². The Kier molecular flexibility index (Phi) is 6.95. The van der Waals surface area contributed by atoms with Gasteiger partial charge in [-0.05, 0) is 42.5 Å². The fourth-order valence-electron chi connectivity index (χ4n) is 2.69. The molecule has 0 aliphatic carbocycles. The first-order chi connectivity index (χ1) is 15.6. The summed E-state index contributed by atoms with van der Waals surface area (Å²) in [6.07, 6.45) is 4.11. The number of benzene rings is 2. The summed E-state index contributed by atoms with van der Waals surface area (Å²) >= 11 is 0. The van der Waals surface area contributed by atoms with Gasteiger partial charge in [0.2, 0.25) is 5.91 Å². The van der Waals surface area contributed by atoms with Crippen LogP contribution in [0.25, 0.3) is 0 Å². The van der Waals surface area contributed by atoms with Gasteiger partial charge in [-0.2, -0.15) is 4.36 Å². The van der Waals surface area contributed by atoms with Crippen molar-refractivity contribution >= 4 is 32.9 Å². The lowest BCUT2D eigenvalue weighted by atomic mass is 10.1. The number of nitro benzene ring substituents is 1. The number of anilines is 1. The van der Waals surface area contributed by atoms with Crippen LogP contribution in [0.3, 0.4) is 0 Å². The van der Waals surface area contributed by atoms with E-state index in [9.17, 15) is 23.9 Å². The van der Waals surface area contributed by atoms with E-state index < -0.39 is 20.6 Å². The molecule has 9 nitrogen and oxygen atoms in total. The molecule has 0 spiro atoms. The molecule has 3 aromatic rings. The van der Waals surface area contributed by atoms with Crippen LogP contribution in [0.4, 0.5) is 11.4 Å². The molecule has 2 aromatic carbocycles. The summed E-state index contributed by atoms with van der Waals surface area (Å²) in [6, 6.07) is 13.4. The third-order valence-electron chi connectivity index (χ3n) is 4.28. The fraction of sp³-hybridized carbons (Fsp3) is 0.0870. The molecule has 0 bridgehead atoms. The number of non-ortho nitro benzene ring substituents is 1. The molecule has 1 atom stereocenters. The van der Waals surface area contributed by atoms with E-state index in [1.165, 1.54) is 68.0 Å². The molecule has 1 unspecified atom stereocenters. The molecule has 0 aliphatic heterocycles. The van der Waals surface area contributed by atoms with Crippen molar-refractivity contribution in [2.45, 2.75) is 11.8 Å². The van der Waals surface area contributed by atoms with Crippen LogP contribution in [0.15, 0.2) is 76.2 Å². The number of hydrogen-bond donors (Lipinski definition) is 1. The highest BCUT2D eigenvalue weighted by Gasteiger charge is 2.12. The zero-order valence-electron chi connectivity index (χ0n) is 17.6. The number of nitrogens with zero attached hydrogens (tertiary/aromatic N) is 3. The van der Waals surface area contributed by atoms with Gasteiger partial charge < -0.3 is 5.32 Å². The molecule has 0 fully saturated rings. The topological polar surface area (TPSA) is 132 Å². The fourth-order valence-corrected chi connectivity index (χ4v) is 3.86. The van der Waals surface area contributed by atoms with Crippen molar-refractivity contribution in [3.05, 3.63) is 93.8 Å². The Morgan fingerprint density at radius 3 is 2.27 bits per heavy atom. The largest absolute Gasteiger partial charge is 0.326 e. The van der Waals surface area contributed by atoms with Crippen LogP contribution in [-0.2, 0) is 14.5 Å². The lowest BCUT2D eigenvalue weighted by Crippen LogP contribution is -2.07. The molecule has 3 rings (SSSR count). The van der Waals surface area contributed by atoms with Gasteiger partial charge >= 0.3 is 0 Å². The second-order valence-corrected chi connectivity index (χ2v) is 9.18. The van der Waals surface area contributed by atoms with Crippen LogP contribution in [0, 0.1) is 22.0 Å². The first kappa shape index (κ1) is 23.3. The predicted octanol–water partition coefficient (Wildman–Crippen LogP) is 3.65. The number of hydrogen-bond acceptors (Lipinski definition) is 6. The van der Waals surface area contributed by atoms with Crippen molar-refractivity contribution in [2.75, 3.05) is 11.6 Å². The molecule has 1 N–H and O–H groups in total. The number of amides is 2. The van der Waals surface area contributed by atoms with Gasteiger partial charge in [0.25, 0.3) is 11.6 Å². The minimum atomic E-state index is -3.04. The molecule has 0 aliphatic rings. The number of nitro groups is 1. The van der Waals surface area contributed by atoms with Gasteiger partial charge in [-0.15, -0.1) is 0 Å². The zero-order valence-corrected chi connectivity index (χ0v) is 18.5. The Morgan fingerprint density at radius 1 is 1.03 bits per heavy atom. The third-order valence-corrected chi connectivity index (χ3v) is 5.94. The highest BCUT2D eigenvalue weighted by atomic mass is 32.2. The van der Waals surface area contributed by atoms with E-state index >= 15 is 0 Å². The van der Waals surface area contributed by atoms with Crippen molar-refractivity contribution in [3.8, 4) is 11.8 Å². The maximum absolute atomic E-state index is 13.0. The molecule has 1 aromatic heterocycles. The first-order valence-electron chi connectivity index (χ1n) is 9.50. The van der Waals surface area contributed by atoms with Crippen molar-refractivity contribution in [2.24, 2.45) is 4.36 Å². The molecule has 1 heterocycles. The van der Waals surface area contributed by atoms with Crippen molar-refractivity contribution in [3.63, 3.8) is 0 Å². The van der Waals surface area contributed by atoms with E-state index in [-0.39, 0.29) is 17.2 Å². The Labute approximate surface area is 190 Å². The summed E-state index contributed by atoms with van der Waals surface area (Å²) in [5, 5.41) is 13.3. The highest BCUT2D eigenvalue weighted by Crippen LogP contribution is 2.17. The van der Waals surface area contributed by atoms with E-state index in [0.29, 0.717) is 21.7 Å². The van der Waals surface area contributed by atoms with E-state index in [0.717, 1.165) is 0 Å². The molecule has 0 saturated carbocycles. The minimum absolute atomic E-state index is 0.0376. The number of rotatable bonds is 4. The van der Waals surface area contributed by atoms with E-state index in [1.54, 1.807) is 12.1 Å². The van der Waals surface area contributed by atoms with Crippen LogP contribution in [-0.4, -0.2) is 32.2 Å². The number of nitrogens with one attached hydrogen (secondary N) is 1. The molecule has 2 amide bonds. The van der Waals surface area contributed by atoms with E-state index in [4.69, 9.17) is 0 Å². The molecule has 0 saturated heterocycles. The molecule has 0 radical (unpaired) electrons. The normalized spacial score (nSPS) is 11.9. The van der Waals surface area contributed by atoms with Gasteiger partial charge in [0.05, 0.1) is 20.2 Å². The van der Waals surface area contributed by atoms with Gasteiger partial charge in [-0.1, -0.05) is 11.8 Å². The number of carbonyl (C=O) groups excluding carboxylic acids is 2. The SMILES string of the molecule is CC(=O)Nc1ccc(S(C)(=O)=NC(=O)c2cncc(C#Cc3ccc([N+](=O)[O-])cc3)c2)cc1. The monoisotopic (exact) mass is 462 g/mol. The number of pyridine rings is 1. The summed E-state index contributed by atoms with van der Waals surface area (Å²) < 4.78 is 16.9. The molecular weight excluding hydrogens is 444 g/mol. The van der Waals surface area contributed by atoms with Crippen LogP contribution in [0.5, 0.6) is 0 Å². The lowest BCUT2D eigenvalue weighted by Gasteiger charge is -2.06. The summed E-state index contributed by atoms with van der Waals surface area (Å²) in [5.74, 6) is 4.74. The van der Waals surface area contributed by atoms with Gasteiger partial charge in [-0.25, -0.2) is 4.21 Å². The third kappa shape index (κ3) is 6.32.